The summed E-state index contributed by atoms with van der Waals surface area (Å²) >= 11 is 14.1. The fourth-order valence-corrected chi connectivity index (χ4v) is 5.14. The molecule has 2 aliphatic rings. The molecule has 0 saturated carbocycles. The Balaban J connectivity index is 1.88. The number of thioether (sulfide) groups is 1. The first-order valence-electron chi connectivity index (χ1n) is 6.60. The number of carbonyl (C=O) groups excluding carboxylic acids is 1. The summed E-state index contributed by atoms with van der Waals surface area (Å²) < 4.78 is 0. The van der Waals surface area contributed by atoms with Gasteiger partial charge in [-0.25, -0.2) is 0 Å². The number of anilines is 1. The summed E-state index contributed by atoms with van der Waals surface area (Å²) in [5.74, 6) is 0.803. The van der Waals surface area contributed by atoms with Crippen molar-refractivity contribution in [2.45, 2.75) is 16.0 Å². The predicted molar refractivity (Wildman–Crippen MR) is 88.0 cm³/mol. The molecule has 2 aromatic rings. The number of para-hydroxylation sites is 1. The third-order valence-corrected chi connectivity index (χ3v) is 6.48. The second kappa shape index (κ2) is 4.67. The van der Waals surface area contributed by atoms with E-state index in [0.29, 0.717) is 5.02 Å². The van der Waals surface area contributed by atoms with Gasteiger partial charge in [0.2, 0.25) is 5.91 Å². The molecule has 21 heavy (non-hydrogen) atoms. The van der Waals surface area contributed by atoms with E-state index in [4.69, 9.17) is 23.2 Å². The first kappa shape index (κ1) is 13.5. The van der Waals surface area contributed by atoms with Crippen LogP contribution in [0.2, 0.25) is 5.02 Å². The van der Waals surface area contributed by atoms with Crippen LogP contribution in [0.4, 0.5) is 5.69 Å². The minimum Gasteiger partial charge on any atom is -0.289 e. The van der Waals surface area contributed by atoms with E-state index in [-0.39, 0.29) is 5.91 Å². The molecule has 5 heteroatoms. The van der Waals surface area contributed by atoms with Gasteiger partial charge in [0.05, 0.1) is 0 Å². The number of β-lactam (4-membered cyclic amide) rings is 1. The molecule has 0 aliphatic carbocycles. The smallest absolute Gasteiger partial charge is 0.250 e. The molecule has 2 aromatic carbocycles. The van der Waals surface area contributed by atoms with E-state index in [9.17, 15) is 4.79 Å². The zero-order chi connectivity index (χ0) is 14.6. The molecule has 1 fully saturated rings. The van der Waals surface area contributed by atoms with Crippen molar-refractivity contribution in [2.75, 3.05) is 4.90 Å². The van der Waals surface area contributed by atoms with Crippen LogP contribution in [0.5, 0.6) is 0 Å². The van der Waals surface area contributed by atoms with Crippen molar-refractivity contribution in [3.8, 4) is 0 Å². The highest BCUT2D eigenvalue weighted by atomic mass is 35.5. The first-order chi connectivity index (χ1) is 10.1. The molecule has 0 N–H and O–H groups in total. The van der Waals surface area contributed by atoms with Crippen molar-refractivity contribution >= 4 is 46.6 Å². The Kier molecular flexibility index (Phi) is 3.00. The molecule has 0 spiro atoms. The topological polar surface area (TPSA) is 20.3 Å². The van der Waals surface area contributed by atoms with Gasteiger partial charge >= 0.3 is 0 Å². The number of nitrogens with zero attached hydrogens (tertiary/aromatic N) is 1. The first-order valence-corrected chi connectivity index (χ1v) is 8.40. The maximum atomic E-state index is 12.4. The number of alkyl halides is 1. The SMILES string of the molecule is O=C1[C@@H](Cl)[C@]2(c3ccc(Cl)cc3)SCc3ccccc3N12. The van der Waals surface area contributed by atoms with Gasteiger partial charge < -0.3 is 0 Å². The van der Waals surface area contributed by atoms with Gasteiger partial charge in [0, 0.05) is 16.5 Å². The quantitative estimate of drug-likeness (QED) is 0.568. The summed E-state index contributed by atoms with van der Waals surface area (Å²) in [5.41, 5.74) is 3.16. The Labute approximate surface area is 137 Å². The average Bonchev–Trinajstić information content (AvgIpc) is 2.53. The Bertz CT molecular complexity index is 733. The highest BCUT2D eigenvalue weighted by Gasteiger charge is 2.63. The summed E-state index contributed by atoms with van der Waals surface area (Å²) in [6, 6.07) is 15.6. The van der Waals surface area contributed by atoms with Gasteiger partial charge in [-0.15, -0.1) is 23.4 Å². The molecular formula is C16H11Cl2NOS. The molecule has 4 rings (SSSR count). The molecule has 0 aromatic heterocycles. The lowest BCUT2D eigenvalue weighted by atomic mass is 9.90. The molecule has 106 valence electrons. The average molecular weight is 336 g/mol. The zero-order valence-corrected chi connectivity index (χ0v) is 13.3. The highest BCUT2D eigenvalue weighted by molar-refractivity contribution is 8.00. The van der Waals surface area contributed by atoms with Gasteiger partial charge in [0.25, 0.3) is 0 Å². The van der Waals surface area contributed by atoms with Gasteiger partial charge in [-0.2, -0.15) is 0 Å². The van der Waals surface area contributed by atoms with Gasteiger partial charge in [0.15, 0.2) is 0 Å². The molecule has 0 unspecified atom stereocenters. The van der Waals surface area contributed by atoms with Crippen LogP contribution < -0.4 is 4.90 Å². The van der Waals surface area contributed by atoms with Crippen molar-refractivity contribution in [3.63, 3.8) is 0 Å². The lowest BCUT2D eigenvalue weighted by Gasteiger charge is -2.57. The summed E-state index contributed by atoms with van der Waals surface area (Å²) in [5, 5.41) is 0.136. The molecule has 2 aliphatic heterocycles. The Morgan fingerprint density at radius 3 is 2.62 bits per heavy atom. The third kappa shape index (κ3) is 1.71. The molecule has 0 bridgehead atoms. The van der Waals surface area contributed by atoms with Crippen LogP contribution in [0.3, 0.4) is 0 Å². The normalized spacial score (nSPS) is 26.9. The summed E-state index contributed by atoms with van der Waals surface area (Å²) in [7, 11) is 0. The fraction of sp³-hybridized carbons (Fsp3) is 0.188. The Hall–Kier alpha value is -1.16. The summed E-state index contributed by atoms with van der Waals surface area (Å²) in [6.45, 7) is 0. The lowest BCUT2D eigenvalue weighted by Crippen LogP contribution is -2.70. The van der Waals surface area contributed by atoms with Gasteiger partial charge in [-0.1, -0.05) is 41.9 Å². The van der Waals surface area contributed by atoms with Gasteiger partial charge in [-0.3, -0.25) is 9.69 Å². The number of hydrogen-bond donors (Lipinski definition) is 0. The van der Waals surface area contributed by atoms with Crippen LogP contribution in [0.1, 0.15) is 11.1 Å². The van der Waals surface area contributed by atoms with Crippen LogP contribution in [0, 0.1) is 0 Å². The largest absolute Gasteiger partial charge is 0.289 e. The van der Waals surface area contributed by atoms with E-state index >= 15 is 0 Å². The van der Waals surface area contributed by atoms with E-state index in [2.05, 4.69) is 6.07 Å². The highest BCUT2D eigenvalue weighted by Crippen LogP contribution is 2.59. The van der Waals surface area contributed by atoms with Crippen LogP contribution in [0.15, 0.2) is 48.5 Å². The monoisotopic (exact) mass is 335 g/mol. The van der Waals surface area contributed by atoms with Crippen LogP contribution in [-0.4, -0.2) is 11.3 Å². The lowest BCUT2D eigenvalue weighted by molar-refractivity contribution is -0.124. The maximum absolute atomic E-state index is 12.4. The van der Waals surface area contributed by atoms with E-state index in [0.717, 1.165) is 17.0 Å². The Morgan fingerprint density at radius 2 is 1.86 bits per heavy atom. The van der Waals surface area contributed by atoms with Gasteiger partial charge in [0.1, 0.15) is 10.2 Å². The molecule has 1 saturated heterocycles. The number of benzene rings is 2. The minimum absolute atomic E-state index is 0.0359. The number of fused-ring (bicyclic) bond motifs is 3. The van der Waals surface area contributed by atoms with Crippen molar-refractivity contribution < 1.29 is 4.79 Å². The van der Waals surface area contributed by atoms with E-state index in [1.54, 1.807) is 11.8 Å². The molecule has 2 heterocycles. The fourth-order valence-electron chi connectivity index (χ4n) is 3.01. The van der Waals surface area contributed by atoms with E-state index in [1.165, 1.54) is 5.56 Å². The second-order valence-corrected chi connectivity index (χ2v) is 7.23. The number of hydrogen-bond acceptors (Lipinski definition) is 2. The molecule has 0 radical (unpaired) electrons. The number of halogens is 2. The third-order valence-electron chi connectivity index (χ3n) is 4.05. The van der Waals surface area contributed by atoms with Crippen LogP contribution >= 0.6 is 35.0 Å². The van der Waals surface area contributed by atoms with Crippen molar-refractivity contribution in [1.29, 1.82) is 0 Å². The minimum atomic E-state index is -0.544. The summed E-state index contributed by atoms with van der Waals surface area (Å²) in [4.78, 5) is 13.7. The molecule has 2 atom stereocenters. The van der Waals surface area contributed by atoms with E-state index < -0.39 is 10.2 Å². The van der Waals surface area contributed by atoms with E-state index in [1.807, 2.05) is 47.4 Å². The van der Waals surface area contributed by atoms with Crippen LogP contribution in [0.25, 0.3) is 0 Å². The van der Waals surface area contributed by atoms with Gasteiger partial charge in [-0.05, 0) is 29.3 Å². The van der Waals surface area contributed by atoms with Crippen LogP contribution in [-0.2, 0) is 15.4 Å². The zero-order valence-electron chi connectivity index (χ0n) is 10.9. The number of carbonyl (C=O) groups is 1. The molecule has 1 amide bonds. The molecule has 2 nitrogen and oxygen atoms in total. The number of amides is 1. The summed E-state index contributed by atoms with van der Waals surface area (Å²) in [6.07, 6.45) is 0. The number of rotatable bonds is 1. The Morgan fingerprint density at radius 1 is 1.14 bits per heavy atom. The van der Waals surface area contributed by atoms with Crippen molar-refractivity contribution in [1.82, 2.24) is 0 Å². The predicted octanol–water partition coefficient (Wildman–Crippen LogP) is 4.39. The molecular weight excluding hydrogens is 325 g/mol. The standard InChI is InChI=1S/C16H11Cl2NOS/c17-12-7-5-11(6-8-12)16-14(18)15(20)19(16)13-4-2-1-3-10(13)9-21-16/h1-8,14H,9H2/t14-,16+/m1/s1. The second-order valence-electron chi connectivity index (χ2n) is 5.16. The van der Waals surface area contributed by atoms with Crippen molar-refractivity contribution in [3.05, 3.63) is 64.7 Å². The van der Waals surface area contributed by atoms with Crippen molar-refractivity contribution in [2.24, 2.45) is 0 Å². The maximum Gasteiger partial charge on any atom is 0.250 e.